The Labute approximate surface area is 67.1 Å². The smallest absolute Gasteiger partial charge is 0.127 e. The van der Waals surface area contributed by atoms with Gasteiger partial charge in [-0.1, -0.05) is 13.2 Å². The lowest BCUT2D eigenvalue weighted by Crippen LogP contribution is -2.31. The van der Waals surface area contributed by atoms with Crippen molar-refractivity contribution < 1.29 is 4.74 Å². The molecule has 2 unspecified atom stereocenters. The molecule has 0 rings (SSSR count). The van der Waals surface area contributed by atoms with Crippen molar-refractivity contribution in [1.29, 1.82) is 0 Å². The monoisotopic (exact) mass is 164 g/mol. The third kappa shape index (κ3) is 5.78. The van der Waals surface area contributed by atoms with Gasteiger partial charge < -0.3 is 16.2 Å². The molecule has 0 aromatic heterocycles. The van der Waals surface area contributed by atoms with Crippen LogP contribution in [0.1, 0.15) is 0 Å². The fraction of sp³-hybridized carbons (Fsp3) is 0.333. The number of rotatable bonds is 4. The largest absolute Gasteiger partial charge is 0.338 e. The van der Waals surface area contributed by atoms with Crippen LogP contribution in [-0.2, 0) is 4.74 Å². The summed E-state index contributed by atoms with van der Waals surface area (Å²) in [4.78, 5) is 0. The molecule has 0 spiro atoms. The zero-order chi connectivity index (χ0) is 7.28. The lowest BCUT2D eigenvalue weighted by molar-refractivity contribution is 0.0495. The number of halogens is 1. The summed E-state index contributed by atoms with van der Waals surface area (Å²) in [6.07, 6.45) is 1.92. The SMILES string of the molecule is C=CC(N)OC(N)C=C.Cl. The lowest BCUT2D eigenvalue weighted by Gasteiger charge is -2.11. The minimum atomic E-state index is -0.502. The van der Waals surface area contributed by atoms with E-state index in [1.54, 1.807) is 0 Å². The van der Waals surface area contributed by atoms with Gasteiger partial charge in [-0.25, -0.2) is 0 Å². The van der Waals surface area contributed by atoms with Crippen LogP contribution in [-0.4, -0.2) is 12.5 Å². The molecule has 0 amide bonds. The van der Waals surface area contributed by atoms with Gasteiger partial charge in [-0.2, -0.15) is 0 Å². The second-order valence-corrected chi connectivity index (χ2v) is 1.54. The molecule has 2 atom stereocenters. The summed E-state index contributed by atoms with van der Waals surface area (Å²) in [5.74, 6) is 0. The fourth-order valence-corrected chi connectivity index (χ4v) is 0.293. The van der Waals surface area contributed by atoms with E-state index in [-0.39, 0.29) is 12.4 Å². The van der Waals surface area contributed by atoms with Crippen molar-refractivity contribution in [2.45, 2.75) is 12.5 Å². The maximum atomic E-state index is 5.28. The molecule has 4 heteroatoms. The van der Waals surface area contributed by atoms with E-state index in [1.807, 2.05) is 0 Å². The number of ether oxygens (including phenoxy) is 1. The molecule has 0 aromatic rings. The van der Waals surface area contributed by atoms with E-state index in [4.69, 9.17) is 16.2 Å². The van der Waals surface area contributed by atoms with E-state index in [0.717, 1.165) is 0 Å². The molecule has 3 nitrogen and oxygen atoms in total. The lowest BCUT2D eigenvalue weighted by atomic mass is 10.5. The van der Waals surface area contributed by atoms with Gasteiger partial charge in [-0.05, 0) is 12.2 Å². The van der Waals surface area contributed by atoms with Crippen molar-refractivity contribution in [3.05, 3.63) is 25.3 Å². The van der Waals surface area contributed by atoms with Gasteiger partial charge in [0.15, 0.2) is 0 Å². The van der Waals surface area contributed by atoms with Crippen LogP contribution in [0.2, 0.25) is 0 Å². The number of nitrogens with two attached hydrogens (primary N) is 2. The molecule has 4 N–H and O–H groups in total. The molecular formula is C6H13ClN2O. The van der Waals surface area contributed by atoms with E-state index >= 15 is 0 Å². The first-order valence-corrected chi connectivity index (χ1v) is 2.62. The predicted octanol–water partition coefficient (Wildman–Crippen LogP) is 0.366. The average molecular weight is 165 g/mol. The van der Waals surface area contributed by atoms with Crippen LogP contribution in [0.3, 0.4) is 0 Å². The van der Waals surface area contributed by atoms with Crippen molar-refractivity contribution in [3.63, 3.8) is 0 Å². The highest BCUT2D eigenvalue weighted by molar-refractivity contribution is 5.85. The van der Waals surface area contributed by atoms with Crippen LogP contribution >= 0.6 is 12.4 Å². The Morgan fingerprint density at radius 3 is 1.60 bits per heavy atom. The van der Waals surface area contributed by atoms with E-state index in [0.29, 0.717) is 0 Å². The molecule has 0 saturated carbocycles. The minimum absolute atomic E-state index is 0. The first-order valence-electron chi connectivity index (χ1n) is 2.62. The maximum absolute atomic E-state index is 5.28. The van der Waals surface area contributed by atoms with Crippen LogP contribution in [0.4, 0.5) is 0 Å². The van der Waals surface area contributed by atoms with Crippen LogP contribution in [0.25, 0.3) is 0 Å². The van der Waals surface area contributed by atoms with E-state index < -0.39 is 12.5 Å². The van der Waals surface area contributed by atoms with E-state index in [1.165, 1.54) is 12.2 Å². The van der Waals surface area contributed by atoms with Crippen LogP contribution < -0.4 is 11.5 Å². The van der Waals surface area contributed by atoms with E-state index in [2.05, 4.69) is 13.2 Å². The zero-order valence-electron chi connectivity index (χ0n) is 5.69. The van der Waals surface area contributed by atoms with Gasteiger partial charge in [0, 0.05) is 0 Å². The second kappa shape index (κ2) is 6.77. The van der Waals surface area contributed by atoms with E-state index in [9.17, 15) is 0 Å². The maximum Gasteiger partial charge on any atom is 0.127 e. The first kappa shape index (κ1) is 12.3. The van der Waals surface area contributed by atoms with Crippen molar-refractivity contribution in [2.75, 3.05) is 0 Å². The molecule has 60 valence electrons. The van der Waals surface area contributed by atoms with Gasteiger partial charge in [-0.3, -0.25) is 0 Å². The van der Waals surface area contributed by atoms with Crippen molar-refractivity contribution >= 4 is 12.4 Å². The van der Waals surface area contributed by atoms with Gasteiger partial charge in [0.25, 0.3) is 0 Å². The molecule has 0 aliphatic carbocycles. The molecule has 0 radical (unpaired) electrons. The van der Waals surface area contributed by atoms with Gasteiger partial charge in [-0.15, -0.1) is 12.4 Å². The number of hydrogen-bond donors (Lipinski definition) is 2. The summed E-state index contributed by atoms with van der Waals surface area (Å²) in [5.41, 5.74) is 10.6. The van der Waals surface area contributed by atoms with Crippen LogP contribution in [0, 0.1) is 0 Å². The minimum Gasteiger partial charge on any atom is -0.338 e. The summed E-state index contributed by atoms with van der Waals surface area (Å²) in [6.45, 7) is 6.82. The third-order valence-electron chi connectivity index (χ3n) is 0.779. The van der Waals surface area contributed by atoms with Crippen molar-refractivity contribution in [2.24, 2.45) is 11.5 Å². The molecule has 0 saturated heterocycles. The molecule has 10 heavy (non-hydrogen) atoms. The van der Waals surface area contributed by atoms with Crippen molar-refractivity contribution in [1.82, 2.24) is 0 Å². The first-order chi connectivity index (χ1) is 4.20. The highest BCUT2D eigenvalue weighted by atomic mass is 35.5. The topological polar surface area (TPSA) is 61.3 Å². The zero-order valence-corrected chi connectivity index (χ0v) is 6.51. The highest BCUT2D eigenvalue weighted by Gasteiger charge is 1.99. The molecule has 0 aromatic carbocycles. The summed E-state index contributed by atoms with van der Waals surface area (Å²) in [6, 6.07) is 0. The van der Waals surface area contributed by atoms with Crippen molar-refractivity contribution in [3.8, 4) is 0 Å². The molecule has 0 heterocycles. The summed E-state index contributed by atoms with van der Waals surface area (Å²) >= 11 is 0. The Balaban J connectivity index is 0. The Kier molecular flexibility index (Phi) is 8.35. The highest BCUT2D eigenvalue weighted by Crippen LogP contribution is 1.88. The standard InChI is InChI=1S/C6H12N2O.ClH/c1-3-5(7)9-6(8)4-2;/h3-6H,1-2,7-8H2;1H. The third-order valence-corrected chi connectivity index (χ3v) is 0.779. The molecule has 0 fully saturated rings. The predicted molar refractivity (Wildman–Crippen MR) is 44.7 cm³/mol. The van der Waals surface area contributed by atoms with Crippen LogP contribution in [0.15, 0.2) is 25.3 Å². The summed E-state index contributed by atoms with van der Waals surface area (Å²) in [5, 5.41) is 0. The van der Waals surface area contributed by atoms with Gasteiger partial charge >= 0.3 is 0 Å². The normalized spacial score (nSPS) is 14.6. The van der Waals surface area contributed by atoms with Crippen LogP contribution in [0.5, 0.6) is 0 Å². The second-order valence-electron chi connectivity index (χ2n) is 1.54. The Morgan fingerprint density at radius 2 is 1.40 bits per heavy atom. The average Bonchev–Trinajstić information content (AvgIpc) is 1.87. The quantitative estimate of drug-likeness (QED) is 0.466. The molecular weight excluding hydrogens is 152 g/mol. The van der Waals surface area contributed by atoms with Gasteiger partial charge in [0.05, 0.1) is 0 Å². The summed E-state index contributed by atoms with van der Waals surface area (Å²) < 4.78 is 4.87. The summed E-state index contributed by atoms with van der Waals surface area (Å²) in [7, 11) is 0. The molecule has 0 aliphatic heterocycles. The molecule has 0 bridgehead atoms. The van der Waals surface area contributed by atoms with Gasteiger partial charge in [0.1, 0.15) is 12.5 Å². The fourth-order valence-electron chi connectivity index (χ4n) is 0.293. The Hall–Kier alpha value is -0.350. The number of hydrogen-bond acceptors (Lipinski definition) is 3. The Morgan fingerprint density at radius 1 is 1.10 bits per heavy atom. The Bertz CT molecular complexity index is 95.9. The van der Waals surface area contributed by atoms with Gasteiger partial charge in [0.2, 0.25) is 0 Å². The molecule has 0 aliphatic rings.